The van der Waals surface area contributed by atoms with Gasteiger partial charge in [-0.2, -0.15) is 31.6 Å². The highest BCUT2D eigenvalue weighted by Crippen LogP contribution is 2.65. The van der Waals surface area contributed by atoms with Crippen molar-refractivity contribution in [3.63, 3.8) is 0 Å². The number of rotatable bonds is 5. The van der Waals surface area contributed by atoms with E-state index in [1.807, 2.05) is 6.07 Å². The summed E-state index contributed by atoms with van der Waals surface area (Å²) in [4.78, 5) is 25.8. The van der Waals surface area contributed by atoms with Crippen LogP contribution in [0.1, 0.15) is 44.1 Å². The van der Waals surface area contributed by atoms with Crippen LogP contribution in [0, 0.1) is 24.2 Å². The van der Waals surface area contributed by atoms with Gasteiger partial charge in [-0.05, 0) is 72.6 Å². The van der Waals surface area contributed by atoms with Crippen LogP contribution in [0.15, 0.2) is 54.6 Å². The normalized spacial score (nSPS) is 17.9. The molecule has 3 aromatic carbocycles. The molecule has 2 atom stereocenters. The topological polar surface area (TPSA) is 82.0 Å². The number of alkyl halides is 8. The molecule has 1 aliphatic rings. The average molecular weight is 635 g/mol. The lowest BCUT2D eigenvalue weighted by atomic mass is 10.0. The molecule has 1 saturated carbocycles. The molecular formula is C27H16Cl3F6N3O2. The summed E-state index contributed by atoms with van der Waals surface area (Å²) in [5.74, 6) is -4.22. The van der Waals surface area contributed by atoms with Gasteiger partial charge in [0.25, 0.3) is 5.91 Å². The Hall–Kier alpha value is -3.46. The van der Waals surface area contributed by atoms with Crippen molar-refractivity contribution in [3.05, 3.63) is 93.0 Å². The van der Waals surface area contributed by atoms with Gasteiger partial charge in [-0.3, -0.25) is 9.59 Å². The fraction of sp³-hybridized carbons (Fsp3) is 0.222. The third kappa shape index (κ3) is 6.40. The van der Waals surface area contributed by atoms with Crippen molar-refractivity contribution in [2.75, 3.05) is 10.6 Å². The highest BCUT2D eigenvalue weighted by Gasteiger charge is 2.68. The van der Waals surface area contributed by atoms with E-state index in [1.54, 1.807) is 6.92 Å². The molecule has 1 aliphatic carbocycles. The molecule has 0 bridgehead atoms. The molecule has 0 unspecified atom stereocenters. The van der Waals surface area contributed by atoms with Crippen molar-refractivity contribution >= 4 is 58.0 Å². The summed E-state index contributed by atoms with van der Waals surface area (Å²) >= 11 is 18.5. The lowest BCUT2D eigenvalue weighted by Crippen LogP contribution is -2.18. The molecule has 0 saturated heterocycles. The van der Waals surface area contributed by atoms with Gasteiger partial charge in [0.1, 0.15) is 4.33 Å². The van der Waals surface area contributed by atoms with Gasteiger partial charge in [-0.15, -0.1) is 23.2 Å². The molecule has 0 radical (unpaired) electrons. The van der Waals surface area contributed by atoms with Crippen LogP contribution in [0.3, 0.4) is 0 Å². The van der Waals surface area contributed by atoms with Crippen LogP contribution in [0.2, 0.25) is 5.02 Å². The average Bonchev–Trinajstić information content (AvgIpc) is 3.46. The first kappa shape index (κ1) is 30.5. The second-order valence-electron chi connectivity index (χ2n) is 9.25. The Bertz CT molecular complexity index is 1570. The van der Waals surface area contributed by atoms with E-state index in [-0.39, 0.29) is 28.0 Å². The van der Waals surface area contributed by atoms with Gasteiger partial charge in [-0.25, -0.2) is 0 Å². The second-order valence-corrected chi connectivity index (χ2v) is 11.1. The molecule has 2 amide bonds. The number of halogens is 9. The Morgan fingerprint density at radius 2 is 1.51 bits per heavy atom. The highest BCUT2D eigenvalue weighted by molar-refractivity contribution is 6.53. The Kier molecular flexibility index (Phi) is 7.99. The number of anilines is 2. The SMILES string of the molecule is Cc1cc(C#N)ccc1C(=O)Nc1cc(NC(=O)[C@H]2[C@H](c3cc(C(F)(F)F)cc(C(F)(F)F)c3)C2(Cl)Cl)ccc1Cl. The smallest absolute Gasteiger partial charge is 0.326 e. The predicted molar refractivity (Wildman–Crippen MR) is 141 cm³/mol. The molecule has 41 heavy (non-hydrogen) atoms. The Balaban J connectivity index is 1.56. The summed E-state index contributed by atoms with van der Waals surface area (Å²) in [7, 11) is 0. The molecule has 5 nitrogen and oxygen atoms in total. The first-order chi connectivity index (χ1) is 18.9. The zero-order chi connectivity index (χ0) is 30.5. The monoisotopic (exact) mass is 633 g/mol. The highest BCUT2D eigenvalue weighted by atomic mass is 35.5. The number of carbonyl (C=O) groups excluding carboxylic acids is 2. The minimum Gasteiger partial charge on any atom is -0.326 e. The molecule has 0 aromatic heterocycles. The van der Waals surface area contributed by atoms with Crippen LogP contribution in [0.25, 0.3) is 0 Å². The van der Waals surface area contributed by atoms with Crippen molar-refractivity contribution < 1.29 is 35.9 Å². The van der Waals surface area contributed by atoms with E-state index in [0.29, 0.717) is 23.3 Å². The number of amides is 2. The van der Waals surface area contributed by atoms with E-state index < -0.39 is 57.0 Å². The maximum atomic E-state index is 13.3. The van der Waals surface area contributed by atoms with Crippen LogP contribution in [-0.4, -0.2) is 16.1 Å². The molecule has 0 aliphatic heterocycles. The van der Waals surface area contributed by atoms with Gasteiger partial charge < -0.3 is 10.6 Å². The Morgan fingerprint density at radius 1 is 0.902 bits per heavy atom. The molecule has 214 valence electrons. The lowest BCUT2D eigenvalue weighted by Gasteiger charge is -2.14. The summed E-state index contributed by atoms with van der Waals surface area (Å²) < 4.78 is 77.9. The number of hydrogen-bond donors (Lipinski definition) is 2. The maximum Gasteiger partial charge on any atom is 0.416 e. The van der Waals surface area contributed by atoms with E-state index in [2.05, 4.69) is 10.6 Å². The number of aryl methyl sites for hydroxylation is 1. The maximum absolute atomic E-state index is 13.3. The summed E-state index contributed by atoms with van der Waals surface area (Å²) in [6, 6.07) is 11.3. The van der Waals surface area contributed by atoms with Gasteiger partial charge in [0.15, 0.2) is 0 Å². The molecule has 1 fully saturated rings. The first-order valence-electron chi connectivity index (χ1n) is 11.5. The molecular weight excluding hydrogens is 619 g/mol. The summed E-state index contributed by atoms with van der Waals surface area (Å²) in [6.07, 6.45) is -10.2. The lowest BCUT2D eigenvalue weighted by molar-refractivity contribution is -0.143. The van der Waals surface area contributed by atoms with E-state index in [1.165, 1.54) is 36.4 Å². The third-order valence-corrected chi connectivity index (χ3v) is 7.66. The number of hydrogen-bond acceptors (Lipinski definition) is 3. The third-order valence-electron chi connectivity index (χ3n) is 6.39. The number of benzene rings is 3. The molecule has 2 N–H and O–H groups in total. The van der Waals surface area contributed by atoms with Crippen LogP contribution in [0.4, 0.5) is 37.7 Å². The van der Waals surface area contributed by atoms with Crippen molar-refractivity contribution in [2.24, 2.45) is 5.92 Å². The summed E-state index contributed by atoms with van der Waals surface area (Å²) in [5, 5.41) is 14.1. The largest absolute Gasteiger partial charge is 0.416 e. The number of nitrogens with one attached hydrogen (secondary N) is 2. The molecule has 4 rings (SSSR count). The minimum absolute atomic E-state index is 0.0337. The minimum atomic E-state index is -5.09. The summed E-state index contributed by atoms with van der Waals surface area (Å²) in [5.41, 5.74) is -2.33. The van der Waals surface area contributed by atoms with Crippen LogP contribution >= 0.6 is 34.8 Å². The zero-order valence-corrected chi connectivity index (χ0v) is 22.8. The van der Waals surface area contributed by atoms with Gasteiger partial charge >= 0.3 is 12.4 Å². The quantitative estimate of drug-likeness (QED) is 0.219. The van der Waals surface area contributed by atoms with Crippen molar-refractivity contribution in [2.45, 2.75) is 29.5 Å². The second kappa shape index (κ2) is 10.7. The standard InChI is InChI=1S/C27H16Cl3F6N3O2/c1-12-6-13(11-37)2-4-18(12)23(40)39-20-10-17(3-5-19(20)28)38-24(41)22-21(25(22,29)30)14-7-15(26(31,32)33)9-16(8-14)27(34,35)36/h2-10,21-22H,1H3,(H,38,41)(H,39,40)/t21-,22+/m0/s1. The molecule has 0 heterocycles. The van der Waals surface area contributed by atoms with E-state index in [0.717, 1.165) is 0 Å². The Labute approximate surface area is 244 Å². The van der Waals surface area contributed by atoms with E-state index in [9.17, 15) is 35.9 Å². The van der Waals surface area contributed by atoms with Crippen LogP contribution in [-0.2, 0) is 17.1 Å². The van der Waals surface area contributed by atoms with Crippen molar-refractivity contribution in [1.82, 2.24) is 0 Å². The fourth-order valence-corrected chi connectivity index (χ4v) is 5.32. The molecule has 3 aromatic rings. The Morgan fingerprint density at radius 3 is 2.05 bits per heavy atom. The number of nitrogens with zero attached hydrogens (tertiary/aromatic N) is 1. The molecule has 0 spiro atoms. The van der Waals surface area contributed by atoms with Gasteiger partial charge in [-0.1, -0.05) is 11.6 Å². The van der Waals surface area contributed by atoms with Crippen LogP contribution in [0.5, 0.6) is 0 Å². The van der Waals surface area contributed by atoms with Gasteiger partial charge in [0.05, 0.1) is 39.4 Å². The molecule has 14 heteroatoms. The van der Waals surface area contributed by atoms with Crippen LogP contribution < -0.4 is 10.6 Å². The summed E-state index contributed by atoms with van der Waals surface area (Å²) in [6.45, 7) is 1.63. The first-order valence-corrected chi connectivity index (χ1v) is 12.7. The van der Waals surface area contributed by atoms with Gasteiger partial charge in [0, 0.05) is 17.2 Å². The zero-order valence-electron chi connectivity index (χ0n) is 20.5. The van der Waals surface area contributed by atoms with E-state index >= 15 is 0 Å². The van der Waals surface area contributed by atoms with Gasteiger partial charge in [0.2, 0.25) is 5.91 Å². The van der Waals surface area contributed by atoms with Crippen molar-refractivity contribution in [1.29, 1.82) is 5.26 Å². The van der Waals surface area contributed by atoms with Crippen molar-refractivity contribution in [3.8, 4) is 6.07 Å². The number of nitriles is 1. The predicted octanol–water partition coefficient (Wildman–Crippen LogP) is 8.34. The van der Waals surface area contributed by atoms with E-state index in [4.69, 9.17) is 40.1 Å². The fourth-order valence-electron chi connectivity index (χ4n) is 4.32. The number of carbonyl (C=O) groups is 2.